The number of nitrogens with zero attached hydrogens (tertiary/aromatic N) is 3. The van der Waals surface area contributed by atoms with E-state index in [-0.39, 0.29) is 6.42 Å². The Morgan fingerprint density at radius 2 is 2.26 bits per heavy atom. The fourth-order valence-corrected chi connectivity index (χ4v) is 2.29. The number of benzene rings is 1. The van der Waals surface area contributed by atoms with Crippen LogP contribution >= 0.6 is 0 Å². The van der Waals surface area contributed by atoms with Crippen LogP contribution in [-0.4, -0.2) is 32.1 Å². The molecule has 0 bridgehead atoms. The van der Waals surface area contributed by atoms with Crippen molar-refractivity contribution in [3.63, 3.8) is 0 Å². The van der Waals surface area contributed by atoms with Crippen LogP contribution < -0.4 is 4.74 Å². The summed E-state index contributed by atoms with van der Waals surface area (Å²) in [5.41, 5.74) is 2.39. The molecule has 0 aliphatic heterocycles. The smallest absolute Gasteiger partial charge is 0.309 e. The number of para-hydroxylation sites is 1. The van der Waals surface area contributed by atoms with Gasteiger partial charge in [-0.05, 0) is 12.1 Å². The fraction of sp³-hybridized carbons (Fsp3) is 0.231. The van der Waals surface area contributed by atoms with E-state index in [1.165, 1.54) is 0 Å². The number of rotatable bonds is 3. The first kappa shape index (κ1) is 11.6. The lowest BCUT2D eigenvalue weighted by molar-refractivity contribution is -0.136. The van der Waals surface area contributed by atoms with Crippen LogP contribution in [0.3, 0.4) is 0 Å². The molecule has 6 heteroatoms. The maximum Gasteiger partial charge on any atom is 0.309 e. The number of hydrogen-bond acceptors (Lipinski definition) is 3. The molecule has 6 nitrogen and oxygen atoms in total. The summed E-state index contributed by atoms with van der Waals surface area (Å²) in [5, 5.41) is 8.89. The van der Waals surface area contributed by atoms with Gasteiger partial charge < -0.3 is 14.4 Å². The summed E-state index contributed by atoms with van der Waals surface area (Å²) in [6, 6.07) is 5.68. The van der Waals surface area contributed by atoms with Crippen LogP contribution in [0.15, 0.2) is 24.4 Å². The summed E-state index contributed by atoms with van der Waals surface area (Å²) in [6.45, 7) is 0. The summed E-state index contributed by atoms with van der Waals surface area (Å²) < 4.78 is 8.95. The van der Waals surface area contributed by atoms with Crippen molar-refractivity contribution in [2.45, 2.75) is 6.42 Å². The van der Waals surface area contributed by atoms with Gasteiger partial charge in [-0.2, -0.15) is 0 Å². The minimum absolute atomic E-state index is 0.0225. The number of carboxylic acid groups (broad SMARTS) is 1. The highest BCUT2D eigenvalue weighted by Crippen LogP contribution is 2.26. The molecule has 0 saturated heterocycles. The zero-order chi connectivity index (χ0) is 13.6. The van der Waals surface area contributed by atoms with E-state index in [0.29, 0.717) is 17.2 Å². The molecule has 19 heavy (non-hydrogen) atoms. The zero-order valence-electron chi connectivity index (χ0n) is 10.6. The summed E-state index contributed by atoms with van der Waals surface area (Å²) in [6.07, 6.45) is 1.78. The molecule has 98 valence electrons. The molecular formula is C13H13N3O3. The van der Waals surface area contributed by atoms with Gasteiger partial charge in [-0.3, -0.25) is 9.20 Å². The first-order valence-corrected chi connectivity index (χ1v) is 5.83. The van der Waals surface area contributed by atoms with Gasteiger partial charge in [-0.1, -0.05) is 6.07 Å². The number of imidazole rings is 2. The van der Waals surface area contributed by atoms with E-state index in [2.05, 4.69) is 4.98 Å². The summed E-state index contributed by atoms with van der Waals surface area (Å²) in [7, 11) is 3.42. The van der Waals surface area contributed by atoms with Gasteiger partial charge in [0.15, 0.2) is 0 Å². The average molecular weight is 259 g/mol. The summed E-state index contributed by atoms with van der Waals surface area (Å²) in [4.78, 5) is 15.3. The predicted molar refractivity (Wildman–Crippen MR) is 69.6 cm³/mol. The normalized spacial score (nSPS) is 11.3. The molecule has 0 saturated carbocycles. The van der Waals surface area contributed by atoms with Crippen LogP contribution in [0.2, 0.25) is 0 Å². The molecule has 3 aromatic rings. The number of aliphatic carboxylic acids is 1. The van der Waals surface area contributed by atoms with Crippen molar-refractivity contribution >= 4 is 22.8 Å². The molecule has 0 spiro atoms. The lowest BCUT2D eigenvalue weighted by Crippen LogP contribution is -2.05. The maximum atomic E-state index is 10.8. The van der Waals surface area contributed by atoms with Crippen LogP contribution in [-0.2, 0) is 18.3 Å². The van der Waals surface area contributed by atoms with Gasteiger partial charge in [-0.15, -0.1) is 0 Å². The number of aromatic nitrogens is 3. The maximum absolute atomic E-state index is 10.8. The van der Waals surface area contributed by atoms with Gasteiger partial charge in [0.05, 0.1) is 19.0 Å². The van der Waals surface area contributed by atoms with Crippen molar-refractivity contribution < 1.29 is 14.6 Å². The first-order valence-electron chi connectivity index (χ1n) is 5.83. The number of fused-ring (bicyclic) bond motifs is 3. The first-order chi connectivity index (χ1) is 9.11. The van der Waals surface area contributed by atoms with Crippen molar-refractivity contribution in [3.05, 3.63) is 30.1 Å². The number of methoxy groups -OCH3 is 1. The van der Waals surface area contributed by atoms with Crippen LogP contribution in [0.25, 0.3) is 16.8 Å². The molecule has 0 unspecified atom stereocenters. The lowest BCUT2D eigenvalue weighted by Gasteiger charge is -2.00. The number of carbonyl (C=O) groups is 1. The van der Waals surface area contributed by atoms with E-state index >= 15 is 0 Å². The van der Waals surface area contributed by atoms with Crippen LogP contribution in [0.4, 0.5) is 0 Å². The highest BCUT2D eigenvalue weighted by molar-refractivity contribution is 5.85. The van der Waals surface area contributed by atoms with Gasteiger partial charge in [0.25, 0.3) is 0 Å². The second-order valence-electron chi connectivity index (χ2n) is 4.36. The Labute approximate surface area is 108 Å². The van der Waals surface area contributed by atoms with E-state index in [1.807, 2.05) is 29.6 Å². The number of carboxylic acids is 1. The molecule has 0 fully saturated rings. The number of aryl methyl sites for hydroxylation is 1. The minimum atomic E-state index is -0.856. The van der Waals surface area contributed by atoms with E-state index in [0.717, 1.165) is 11.0 Å². The van der Waals surface area contributed by atoms with Crippen LogP contribution in [0.5, 0.6) is 5.75 Å². The Morgan fingerprint density at radius 1 is 1.47 bits per heavy atom. The molecule has 2 aromatic heterocycles. The fourth-order valence-electron chi connectivity index (χ4n) is 2.29. The van der Waals surface area contributed by atoms with Crippen LogP contribution in [0.1, 0.15) is 5.69 Å². The number of hydrogen-bond donors (Lipinski definition) is 1. The van der Waals surface area contributed by atoms with Gasteiger partial charge >= 0.3 is 5.97 Å². The highest BCUT2D eigenvalue weighted by atomic mass is 16.5. The second kappa shape index (κ2) is 4.01. The quantitative estimate of drug-likeness (QED) is 0.773. The molecule has 3 rings (SSSR count). The van der Waals surface area contributed by atoms with Gasteiger partial charge in [-0.25, -0.2) is 4.98 Å². The molecule has 1 N–H and O–H groups in total. The van der Waals surface area contributed by atoms with E-state index < -0.39 is 5.97 Å². The third-order valence-corrected chi connectivity index (χ3v) is 3.23. The topological polar surface area (TPSA) is 68.8 Å². The van der Waals surface area contributed by atoms with Gasteiger partial charge in [0, 0.05) is 18.9 Å². The standard InChI is InChI=1S/C13H13N3O3/c1-15-8(6-11(17)18)7-16-9-4-3-5-10(19-2)12(9)14-13(15)16/h3-5,7H,6H2,1-2H3,(H,17,18). The lowest BCUT2D eigenvalue weighted by atomic mass is 10.3. The second-order valence-corrected chi connectivity index (χ2v) is 4.36. The van der Waals surface area contributed by atoms with E-state index in [9.17, 15) is 4.79 Å². The Bertz CT molecular complexity index is 785. The van der Waals surface area contributed by atoms with E-state index in [4.69, 9.17) is 9.84 Å². The molecule has 2 heterocycles. The van der Waals surface area contributed by atoms with Gasteiger partial charge in [0.1, 0.15) is 11.3 Å². The van der Waals surface area contributed by atoms with E-state index in [1.54, 1.807) is 17.9 Å². The molecule has 0 amide bonds. The molecule has 0 atom stereocenters. The predicted octanol–water partition coefficient (Wildman–Crippen LogP) is 1.46. The van der Waals surface area contributed by atoms with Crippen molar-refractivity contribution in [2.75, 3.05) is 7.11 Å². The largest absolute Gasteiger partial charge is 0.494 e. The molecule has 0 aliphatic carbocycles. The van der Waals surface area contributed by atoms with Crippen LogP contribution in [0, 0.1) is 0 Å². The zero-order valence-corrected chi connectivity index (χ0v) is 10.6. The minimum Gasteiger partial charge on any atom is -0.494 e. The van der Waals surface area contributed by atoms with Crippen molar-refractivity contribution in [1.29, 1.82) is 0 Å². The third-order valence-electron chi connectivity index (χ3n) is 3.23. The Balaban J connectivity index is 2.30. The Morgan fingerprint density at radius 3 is 2.95 bits per heavy atom. The van der Waals surface area contributed by atoms with Gasteiger partial charge in [0.2, 0.25) is 5.78 Å². The summed E-state index contributed by atoms with van der Waals surface area (Å²) in [5.74, 6) is 0.558. The Kier molecular flexibility index (Phi) is 2.45. The molecular weight excluding hydrogens is 246 g/mol. The Hall–Kier alpha value is -2.50. The number of ether oxygens (including phenoxy) is 1. The SMILES string of the molecule is COc1cccc2c1nc1n(C)c(CC(=O)O)cn21. The summed E-state index contributed by atoms with van der Waals surface area (Å²) >= 11 is 0. The molecule has 1 aromatic carbocycles. The van der Waals surface area contributed by atoms with Crippen molar-refractivity contribution in [1.82, 2.24) is 14.0 Å². The molecule has 0 radical (unpaired) electrons. The monoisotopic (exact) mass is 259 g/mol. The highest BCUT2D eigenvalue weighted by Gasteiger charge is 2.15. The molecule has 0 aliphatic rings. The third kappa shape index (κ3) is 1.64. The van der Waals surface area contributed by atoms with Crippen molar-refractivity contribution in [3.8, 4) is 5.75 Å². The van der Waals surface area contributed by atoms with Crippen molar-refractivity contribution in [2.24, 2.45) is 7.05 Å². The average Bonchev–Trinajstić information content (AvgIpc) is 2.88.